The number of sulfonamides is 1. The fourth-order valence-electron chi connectivity index (χ4n) is 2.78. The zero-order valence-electron chi connectivity index (χ0n) is 14.4. The lowest BCUT2D eigenvalue weighted by atomic mass is 10.1. The molecule has 5 nitrogen and oxygen atoms in total. The van der Waals surface area contributed by atoms with Gasteiger partial charge in [0.05, 0.1) is 11.5 Å². The van der Waals surface area contributed by atoms with E-state index in [0.29, 0.717) is 24.6 Å². The van der Waals surface area contributed by atoms with E-state index in [1.165, 1.54) is 0 Å². The number of rotatable bonds is 7. The molecule has 0 saturated carbocycles. The van der Waals surface area contributed by atoms with Gasteiger partial charge in [-0.25, -0.2) is 8.42 Å². The molecule has 0 atom stereocenters. The molecule has 1 aliphatic rings. The van der Waals surface area contributed by atoms with E-state index in [9.17, 15) is 8.42 Å². The summed E-state index contributed by atoms with van der Waals surface area (Å²) < 4.78 is 33.0. The molecule has 1 saturated heterocycles. The highest BCUT2D eigenvalue weighted by Gasteiger charge is 2.28. The van der Waals surface area contributed by atoms with Gasteiger partial charge in [-0.15, -0.1) is 0 Å². The summed E-state index contributed by atoms with van der Waals surface area (Å²) in [7, 11) is -3.41. The van der Waals surface area contributed by atoms with Gasteiger partial charge in [-0.05, 0) is 43.1 Å². The quantitative estimate of drug-likeness (QED) is 0.765. The Morgan fingerprint density at radius 3 is 2.35 bits per heavy atom. The second-order valence-corrected chi connectivity index (χ2v) is 7.75. The first-order valence-electron chi connectivity index (χ1n) is 8.51. The average Bonchev–Trinajstić information content (AvgIpc) is 2.59. The van der Waals surface area contributed by atoms with Crippen molar-refractivity contribution in [1.82, 2.24) is 9.21 Å². The number of likely N-dealkylation sites (N-methyl/N-ethyl adjacent to an activating group) is 1. The molecule has 0 amide bonds. The van der Waals surface area contributed by atoms with Crippen LogP contribution in [0.4, 0.5) is 0 Å². The summed E-state index contributed by atoms with van der Waals surface area (Å²) in [5.74, 6) is 0.795. The summed E-state index contributed by atoms with van der Waals surface area (Å²) in [6, 6.07) is 5.24. The lowest BCUT2D eigenvalue weighted by molar-refractivity contribution is 0.196. The van der Waals surface area contributed by atoms with Gasteiger partial charge in [-0.1, -0.05) is 20.8 Å². The second kappa shape index (κ2) is 8.13. The molecular formula is C17H28N2O3S. The highest BCUT2D eigenvalue weighted by molar-refractivity contribution is 7.89. The molecule has 1 aromatic rings. The molecular weight excluding hydrogens is 312 g/mol. The number of piperazine rings is 1. The van der Waals surface area contributed by atoms with Crippen LogP contribution in [0.25, 0.3) is 0 Å². The molecule has 1 aliphatic heterocycles. The maximum atomic E-state index is 12.8. The number of hydrogen-bond acceptors (Lipinski definition) is 4. The molecule has 2 rings (SSSR count). The van der Waals surface area contributed by atoms with Gasteiger partial charge in [0.1, 0.15) is 5.75 Å². The maximum Gasteiger partial charge on any atom is 0.243 e. The first-order chi connectivity index (χ1) is 11.0. The predicted octanol–water partition coefficient (Wildman–Crippen LogP) is 2.36. The normalized spacial score (nSPS) is 17.3. The highest BCUT2D eigenvalue weighted by atomic mass is 32.2. The molecule has 23 heavy (non-hydrogen) atoms. The van der Waals surface area contributed by atoms with Gasteiger partial charge in [-0.2, -0.15) is 4.31 Å². The topological polar surface area (TPSA) is 49.9 Å². The summed E-state index contributed by atoms with van der Waals surface area (Å²) in [6.07, 6.45) is 1.69. The molecule has 1 fully saturated rings. The molecule has 1 heterocycles. The third kappa shape index (κ3) is 4.25. The third-order valence-corrected chi connectivity index (χ3v) is 6.19. The Labute approximate surface area is 140 Å². The summed E-state index contributed by atoms with van der Waals surface area (Å²) in [5.41, 5.74) is 0.951. The lowest BCUT2D eigenvalue weighted by Crippen LogP contribution is -2.48. The van der Waals surface area contributed by atoms with Crippen LogP contribution in [0.1, 0.15) is 32.8 Å². The monoisotopic (exact) mass is 340 g/mol. The minimum atomic E-state index is -3.41. The van der Waals surface area contributed by atoms with Crippen molar-refractivity contribution < 1.29 is 13.2 Å². The van der Waals surface area contributed by atoms with Crippen molar-refractivity contribution in [3.63, 3.8) is 0 Å². The molecule has 1 aromatic carbocycles. The Morgan fingerprint density at radius 1 is 1.09 bits per heavy atom. The van der Waals surface area contributed by atoms with Crippen LogP contribution in [0.3, 0.4) is 0 Å². The van der Waals surface area contributed by atoms with Crippen molar-refractivity contribution in [3.8, 4) is 5.75 Å². The second-order valence-electron chi connectivity index (χ2n) is 5.81. The van der Waals surface area contributed by atoms with Gasteiger partial charge in [-0.3, -0.25) is 0 Å². The maximum absolute atomic E-state index is 12.8. The van der Waals surface area contributed by atoms with E-state index in [1.807, 2.05) is 6.92 Å². The van der Waals surface area contributed by atoms with Crippen LogP contribution in [-0.2, 0) is 16.4 Å². The van der Waals surface area contributed by atoms with E-state index in [0.717, 1.165) is 43.8 Å². The zero-order chi connectivity index (χ0) is 16.9. The van der Waals surface area contributed by atoms with Gasteiger partial charge in [0.15, 0.2) is 0 Å². The first-order valence-corrected chi connectivity index (χ1v) is 9.95. The number of nitrogens with zero attached hydrogens (tertiary/aromatic N) is 2. The van der Waals surface area contributed by atoms with Crippen LogP contribution in [-0.4, -0.2) is 57.0 Å². The van der Waals surface area contributed by atoms with Crippen LogP contribution < -0.4 is 4.74 Å². The minimum Gasteiger partial charge on any atom is -0.493 e. The van der Waals surface area contributed by atoms with Crippen molar-refractivity contribution in [3.05, 3.63) is 23.8 Å². The molecule has 0 bridgehead atoms. The number of benzene rings is 1. The number of aryl methyl sites for hydroxylation is 1. The summed E-state index contributed by atoms with van der Waals surface area (Å²) in [5, 5.41) is 0. The Morgan fingerprint density at radius 2 is 1.78 bits per heavy atom. The lowest BCUT2D eigenvalue weighted by Gasteiger charge is -2.33. The van der Waals surface area contributed by atoms with E-state index < -0.39 is 10.0 Å². The van der Waals surface area contributed by atoms with Gasteiger partial charge in [0.2, 0.25) is 10.0 Å². The van der Waals surface area contributed by atoms with E-state index in [2.05, 4.69) is 18.7 Å². The standard InChI is InChI=1S/C17H28N2O3S/c1-4-13-22-17-8-7-16(14-15(17)5-2)23(20,21)19-11-9-18(6-3)10-12-19/h7-8,14H,4-6,9-13H2,1-3H3. The van der Waals surface area contributed by atoms with Crippen molar-refractivity contribution in [2.24, 2.45) is 0 Å². The average molecular weight is 340 g/mol. The third-order valence-electron chi connectivity index (χ3n) is 4.29. The fraction of sp³-hybridized carbons (Fsp3) is 0.647. The van der Waals surface area contributed by atoms with Crippen LogP contribution in [0.2, 0.25) is 0 Å². The largest absolute Gasteiger partial charge is 0.493 e. The molecule has 0 radical (unpaired) electrons. The van der Waals surface area contributed by atoms with E-state index in [1.54, 1.807) is 22.5 Å². The summed E-state index contributed by atoms with van der Waals surface area (Å²) in [6.45, 7) is 10.5. The smallest absolute Gasteiger partial charge is 0.243 e. The molecule has 130 valence electrons. The van der Waals surface area contributed by atoms with Gasteiger partial charge in [0, 0.05) is 26.2 Å². The van der Waals surface area contributed by atoms with Crippen LogP contribution >= 0.6 is 0 Å². The zero-order valence-corrected chi connectivity index (χ0v) is 15.2. The molecule has 0 N–H and O–H groups in total. The highest BCUT2D eigenvalue weighted by Crippen LogP contribution is 2.26. The molecule has 0 aromatic heterocycles. The summed E-state index contributed by atoms with van der Waals surface area (Å²) >= 11 is 0. The SMILES string of the molecule is CCCOc1ccc(S(=O)(=O)N2CCN(CC)CC2)cc1CC. The number of hydrogen-bond donors (Lipinski definition) is 0. The summed E-state index contributed by atoms with van der Waals surface area (Å²) in [4.78, 5) is 2.65. The first kappa shape index (κ1) is 18.2. The van der Waals surface area contributed by atoms with Gasteiger partial charge in [0.25, 0.3) is 0 Å². The molecule has 6 heteroatoms. The van der Waals surface area contributed by atoms with E-state index >= 15 is 0 Å². The Balaban J connectivity index is 2.19. The van der Waals surface area contributed by atoms with Gasteiger partial charge >= 0.3 is 0 Å². The molecule has 0 unspecified atom stereocenters. The van der Waals surface area contributed by atoms with Crippen LogP contribution in [0, 0.1) is 0 Å². The number of ether oxygens (including phenoxy) is 1. The van der Waals surface area contributed by atoms with Crippen molar-refractivity contribution in [1.29, 1.82) is 0 Å². The predicted molar refractivity (Wildman–Crippen MR) is 92.5 cm³/mol. The van der Waals surface area contributed by atoms with Gasteiger partial charge < -0.3 is 9.64 Å². The molecule has 0 spiro atoms. The van der Waals surface area contributed by atoms with E-state index in [-0.39, 0.29) is 0 Å². The van der Waals surface area contributed by atoms with E-state index in [4.69, 9.17) is 4.74 Å². The molecule has 0 aliphatic carbocycles. The van der Waals surface area contributed by atoms with Crippen molar-refractivity contribution in [2.75, 3.05) is 39.3 Å². The Bertz CT molecular complexity index is 608. The van der Waals surface area contributed by atoms with Crippen LogP contribution in [0.5, 0.6) is 5.75 Å². The van der Waals surface area contributed by atoms with Crippen molar-refractivity contribution in [2.45, 2.75) is 38.5 Å². The Kier molecular flexibility index (Phi) is 6.44. The minimum absolute atomic E-state index is 0.378. The van der Waals surface area contributed by atoms with Crippen molar-refractivity contribution >= 4 is 10.0 Å². The van der Waals surface area contributed by atoms with Crippen LogP contribution in [0.15, 0.2) is 23.1 Å². The Hall–Kier alpha value is -1.11. The fourth-order valence-corrected chi connectivity index (χ4v) is 4.25.